The Hall–Kier alpha value is -2.87. The van der Waals surface area contributed by atoms with Gasteiger partial charge in [0.05, 0.1) is 17.9 Å². The Kier molecular flexibility index (Phi) is 7.90. The average Bonchev–Trinajstić information content (AvgIpc) is 2.77. The van der Waals surface area contributed by atoms with E-state index in [1.54, 1.807) is 6.07 Å². The van der Waals surface area contributed by atoms with Crippen LogP contribution in [0.5, 0.6) is 5.75 Å². The van der Waals surface area contributed by atoms with Crippen LogP contribution >= 0.6 is 0 Å². The second-order valence-electron chi connectivity index (χ2n) is 7.71. The molecule has 0 radical (unpaired) electrons. The maximum atomic E-state index is 13.1. The predicted molar refractivity (Wildman–Crippen MR) is 114 cm³/mol. The number of nitrogens with one attached hydrogen (secondary N) is 1. The third-order valence-electron chi connectivity index (χ3n) is 5.38. The molecule has 0 heterocycles. The van der Waals surface area contributed by atoms with Crippen molar-refractivity contribution in [3.8, 4) is 5.75 Å². The van der Waals surface area contributed by atoms with Gasteiger partial charge in [-0.3, -0.25) is 9.59 Å². The van der Waals surface area contributed by atoms with E-state index in [9.17, 15) is 22.8 Å². The number of hydrogen-bond donors (Lipinski definition) is 1. The van der Waals surface area contributed by atoms with Crippen LogP contribution in [0.25, 0.3) is 0 Å². The number of amides is 1. The van der Waals surface area contributed by atoms with E-state index in [1.807, 2.05) is 12.1 Å². The van der Waals surface area contributed by atoms with Crippen molar-refractivity contribution in [2.45, 2.75) is 44.7 Å². The summed E-state index contributed by atoms with van der Waals surface area (Å²) in [7, 11) is 1.47. The molecule has 0 aromatic heterocycles. The Balaban J connectivity index is 1.64. The molecule has 1 N–H and O–H groups in total. The lowest BCUT2D eigenvalue weighted by Gasteiger charge is -2.16. The number of ketones is 1. The number of carbonyl (C=O) groups excluding carboxylic acids is 2. The maximum Gasteiger partial charge on any atom is 0.416 e. The number of Topliss-reactive ketones (excluding diaryl/α,β-unsaturated/α-hetero) is 1. The Morgan fingerprint density at radius 1 is 0.969 bits per heavy atom. The number of methoxy groups -OCH3 is 1. The quantitative estimate of drug-likeness (QED) is 0.422. The molecule has 0 fully saturated rings. The van der Waals surface area contributed by atoms with Gasteiger partial charge in [-0.2, -0.15) is 13.2 Å². The number of ether oxygens (including phenoxy) is 2. The van der Waals surface area contributed by atoms with Gasteiger partial charge in [0.1, 0.15) is 12.4 Å². The van der Waals surface area contributed by atoms with Crippen molar-refractivity contribution in [1.29, 1.82) is 0 Å². The number of carbonyl (C=O) groups is 2. The van der Waals surface area contributed by atoms with E-state index in [-0.39, 0.29) is 43.3 Å². The maximum absolute atomic E-state index is 13.1. The first-order valence-corrected chi connectivity index (χ1v) is 10.6. The first kappa shape index (κ1) is 23.8. The monoisotopic (exact) mass is 449 g/mol. The van der Waals surface area contributed by atoms with Crippen molar-refractivity contribution in [3.63, 3.8) is 0 Å². The van der Waals surface area contributed by atoms with Gasteiger partial charge in [-0.25, -0.2) is 0 Å². The molecule has 0 atom stereocenters. The standard InChI is InChI=1S/C24H26F3NO4/c1-31-12-13-32-22-10-8-19(24(25,26)27)15-20(22)28-23(30)11-9-21(29)18-7-6-16-4-2-3-5-17(16)14-18/h6-8,10,14-15H,2-5,9,11-13H2,1H3,(H,28,30). The highest BCUT2D eigenvalue weighted by atomic mass is 19.4. The number of anilines is 1. The number of benzene rings is 2. The van der Waals surface area contributed by atoms with Crippen molar-refractivity contribution < 1.29 is 32.2 Å². The van der Waals surface area contributed by atoms with Gasteiger partial charge in [0, 0.05) is 25.5 Å². The van der Waals surface area contributed by atoms with E-state index in [4.69, 9.17) is 9.47 Å². The zero-order chi connectivity index (χ0) is 23.1. The summed E-state index contributed by atoms with van der Waals surface area (Å²) in [5.41, 5.74) is 1.99. The summed E-state index contributed by atoms with van der Waals surface area (Å²) in [6.45, 7) is 0.352. The Labute approximate surface area is 184 Å². The molecule has 1 amide bonds. The van der Waals surface area contributed by atoms with Gasteiger partial charge < -0.3 is 14.8 Å². The van der Waals surface area contributed by atoms with Crippen molar-refractivity contribution in [3.05, 3.63) is 58.7 Å². The number of halogens is 3. The number of rotatable bonds is 9. The Morgan fingerprint density at radius 2 is 1.72 bits per heavy atom. The minimum absolute atomic E-state index is 0.0382. The van der Waals surface area contributed by atoms with Crippen LogP contribution in [0.1, 0.15) is 52.7 Å². The summed E-state index contributed by atoms with van der Waals surface area (Å²) in [4.78, 5) is 24.9. The van der Waals surface area contributed by atoms with Gasteiger partial charge in [-0.15, -0.1) is 0 Å². The molecular formula is C24H26F3NO4. The van der Waals surface area contributed by atoms with E-state index < -0.39 is 17.6 Å². The van der Waals surface area contributed by atoms with Crippen LogP contribution in [0.2, 0.25) is 0 Å². The van der Waals surface area contributed by atoms with Crippen LogP contribution in [0.15, 0.2) is 36.4 Å². The zero-order valence-electron chi connectivity index (χ0n) is 17.9. The molecule has 172 valence electrons. The van der Waals surface area contributed by atoms with Crippen molar-refractivity contribution in [2.24, 2.45) is 0 Å². The highest BCUT2D eigenvalue weighted by Gasteiger charge is 2.31. The van der Waals surface area contributed by atoms with E-state index in [0.717, 1.165) is 43.9 Å². The van der Waals surface area contributed by atoms with E-state index >= 15 is 0 Å². The lowest BCUT2D eigenvalue weighted by molar-refractivity contribution is -0.137. The molecule has 2 aromatic carbocycles. The fourth-order valence-electron chi connectivity index (χ4n) is 3.66. The van der Waals surface area contributed by atoms with Crippen LogP contribution in [-0.2, 0) is 28.5 Å². The smallest absolute Gasteiger partial charge is 0.416 e. The first-order chi connectivity index (χ1) is 15.3. The minimum atomic E-state index is -4.56. The third-order valence-corrected chi connectivity index (χ3v) is 5.38. The summed E-state index contributed by atoms with van der Waals surface area (Å²) >= 11 is 0. The predicted octanol–water partition coefficient (Wildman–Crippen LogP) is 5.21. The van der Waals surface area contributed by atoms with E-state index in [0.29, 0.717) is 5.56 Å². The fraction of sp³-hybridized carbons (Fsp3) is 0.417. The second kappa shape index (κ2) is 10.6. The molecular weight excluding hydrogens is 423 g/mol. The third kappa shape index (κ3) is 6.32. The highest BCUT2D eigenvalue weighted by Crippen LogP contribution is 2.35. The van der Waals surface area contributed by atoms with Crippen LogP contribution in [0, 0.1) is 0 Å². The molecule has 1 aliphatic rings. The first-order valence-electron chi connectivity index (χ1n) is 10.6. The molecule has 8 heteroatoms. The summed E-state index contributed by atoms with van der Waals surface area (Å²) in [5, 5.41) is 2.45. The fourth-order valence-corrected chi connectivity index (χ4v) is 3.66. The molecule has 5 nitrogen and oxygen atoms in total. The van der Waals surface area contributed by atoms with Gasteiger partial charge in [0.2, 0.25) is 5.91 Å². The normalized spacial score (nSPS) is 13.4. The lowest BCUT2D eigenvalue weighted by atomic mass is 9.89. The number of fused-ring (bicyclic) bond motifs is 1. The highest BCUT2D eigenvalue weighted by molar-refractivity contribution is 6.00. The summed E-state index contributed by atoms with van der Waals surface area (Å²) in [6.07, 6.45) is -0.553. The molecule has 0 aliphatic heterocycles. The average molecular weight is 449 g/mol. The summed E-state index contributed by atoms with van der Waals surface area (Å²) < 4.78 is 49.6. The van der Waals surface area contributed by atoms with Crippen LogP contribution in [-0.4, -0.2) is 32.0 Å². The summed E-state index contributed by atoms with van der Waals surface area (Å²) in [5.74, 6) is -0.634. The summed E-state index contributed by atoms with van der Waals surface area (Å²) in [6, 6.07) is 8.51. The topological polar surface area (TPSA) is 64.6 Å². The van der Waals surface area contributed by atoms with Gasteiger partial charge in [0.15, 0.2) is 5.78 Å². The van der Waals surface area contributed by atoms with Crippen molar-refractivity contribution in [2.75, 3.05) is 25.6 Å². The van der Waals surface area contributed by atoms with Gasteiger partial charge in [0.25, 0.3) is 0 Å². The van der Waals surface area contributed by atoms with Gasteiger partial charge in [-0.05, 0) is 61.1 Å². The van der Waals surface area contributed by atoms with E-state index in [2.05, 4.69) is 5.32 Å². The molecule has 2 aromatic rings. The number of hydrogen-bond acceptors (Lipinski definition) is 4. The SMILES string of the molecule is COCCOc1ccc(C(F)(F)F)cc1NC(=O)CCC(=O)c1ccc2c(c1)CCCC2. The number of aryl methyl sites for hydroxylation is 2. The van der Waals surface area contributed by atoms with Crippen molar-refractivity contribution in [1.82, 2.24) is 0 Å². The molecule has 0 saturated carbocycles. The van der Waals surface area contributed by atoms with Gasteiger partial charge in [-0.1, -0.05) is 12.1 Å². The molecule has 0 saturated heterocycles. The molecule has 0 spiro atoms. The van der Waals surface area contributed by atoms with Gasteiger partial charge >= 0.3 is 6.18 Å². The zero-order valence-corrected chi connectivity index (χ0v) is 17.9. The Bertz CT molecular complexity index is 972. The van der Waals surface area contributed by atoms with Crippen LogP contribution in [0.4, 0.5) is 18.9 Å². The van der Waals surface area contributed by atoms with Crippen LogP contribution < -0.4 is 10.1 Å². The lowest BCUT2D eigenvalue weighted by Crippen LogP contribution is -2.16. The second-order valence-corrected chi connectivity index (χ2v) is 7.71. The van der Waals surface area contributed by atoms with E-state index in [1.165, 1.54) is 18.2 Å². The van der Waals surface area contributed by atoms with Crippen LogP contribution in [0.3, 0.4) is 0 Å². The molecule has 0 bridgehead atoms. The molecule has 3 rings (SSSR count). The number of alkyl halides is 3. The molecule has 0 unspecified atom stereocenters. The molecule has 1 aliphatic carbocycles. The Morgan fingerprint density at radius 3 is 2.44 bits per heavy atom. The van der Waals surface area contributed by atoms with Crippen molar-refractivity contribution >= 4 is 17.4 Å². The minimum Gasteiger partial charge on any atom is -0.489 e. The molecule has 32 heavy (non-hydrogen) atoms. The largest absolute Gasteiger partial charge is 0.489 e.